The summed E-state index contributed by atoms with van der Waals surface area (Å²) in [5.74, 6) is -0.392. The summed E-state index contributed by atoms with van der Waals surface area (Å²) in [6.45, 7) is -1.50. The summed E-state index contributed by atoms with van der Waals surface area (Å²) in [7, 11) is 0. The van der Waals surface area contributed by atoms with Crippen molar-refractivity contribution in [2.24, 2.45) is 0 Å². The van der Waals surface area contributed by atoms with E-state index in [4.69, 9.17) is 0 Å². The first-order valence-electron chi connectivity index (χ1n) is 5.11. The smallest absolute Gasteiger partial charge is 0.370 e. The van der Waals surface area contributed by atoms with Crippen molar-refractivity contribution in [3.63, 3.8) is 0 Å². The molecular weight excluding hydrogens is 267 g/mol. The molecule has 3 nitrogen and oxygen atoms in total. The number of thiol groups is 1. The van der Waals surface area contributed by atoms with Gasteiger partial charge in [-0.3, -0.25) is 4.79 Å². The number of hydrogen-bond acceptors (Lipinski definition) is 3. The highest BCUT2D eigenvalue weighted by molar-refractivity contribution is 7.80. The van der Waals surface area contributed by atoms with E-state index in [1.807, 2.05) is 0 Å². The highest BCUT2D eigenvalue weighted by atomic mass is 32.1. The summed E-state index contributed by atoms with van der Waals surface area (Å²) in [6, 6.07) is 6.63. The minimum Gasteiger partial charge on any atom is -0.370 e. The summed E-state index contributed by atoms with van der Waals surface area (Å²) in [4.78, 5) is 12.1. The first-order chi connectivity index (χ1) is 8.40. The lowest BCUT2D eigenvalue weighted by Gasteiger charge is -2.09. The molecule has 0 atom stereocenters. The molecule has 1 aromatic rings. The Morgan fingerprint density at radius 3 is 2.61 bits per heavy atom. The van der Waals surface area contributed by atoms with Crippen molar-refractivity contribution in [2.45, 2.75) is 11.1 Å². The van der Waals surface area contributed by atoms with Crippen LogP contribution in [-0.4, -0.2) is 31.8 Å². The quantitative estimate of drug-likeness (QED) is 0.641. The summed E-state index contributed by atoms with van der Waals surface area (Å²) in [6.07, 6.45) is -4.35. The number of rotatable bonds is 5. The van der Waals surface area contributed by atoms with Gasteiger partial charge in [-0.2, -0.15) is 13.2 Å². The Morgan fingerprint density at radius 1 is 1.33 bits per heavy atom. The molecule has 0 aliphatic carbocycles. The van der Waals surface area contributed by atoms with Gasteiger partial charge < -0.3 is 10.1 Å². The van der Waals surface area contributed by atoms with Gasteiger partial charge in [0.05, 0.1) is 12.2 Å². The second kappa shape index (κ2) is 6.65. The zero-order chi connectivity index (χ0) is 13.6. The van der Waals surface area contributed by atoms with Gasteiger partial charge >= 0.3 is 6.18 Å². The van der Waals surface area contributed by atoms with E-state index >= 15 is 0 Å². The third-order valence-corrected chi connectivity index (χ3v) is 2.34. The van der Waals surface area contributed by atoms with Crippen LogP contribution < -0.4 is 5.32 Å². The van der Waals surface area contributed by atoms with Gasteiger partial charge in [0.15, 0.2) is 0 Å². The zero-order valence-electron chi connectivity index (χ0n) is 9.33. The second-order valence-corrected chi connectivity index (χ2v) is 3.92. The molecule has 0 saturated heterocycles. The standard InChI is InChI=1S/C11H12F3NO2S/c12-11(13,14)7-17-6-5-15-10(16)8-3-1-2-4-9(8)18/h1-4,18H,5-7H2,(H,15,16). The molecule has 0 aromatic heterocycles. The van der Waals surface area contributed by atoms with Gasteiger partial charge in [0.1, 0.15) is 6.61 Å². The third kappa shape index (κ3) is 5.42. The Balaban J connectivity index is 2.28. The van der Waals surface area contributed by atoms with E-state index in [2.05, 4.69) is 22.7 Å². The molecule has 18 heavy (non-hydrogen) atoms. The van der Waals surface area contributed by atoms with E-state index in [1.54, 1.807) is 24.3 Å². The summed E-state index contributed by atoms with van der Waals surface area (Å²) >= 11 is 4.10. The van der Waals surface area contributed by atoms with Gasteiger partial charge in [-0.25, -0.2) is 0 Å². The van der Waals surface area contributed by atoms with Crippen LogP contribution >= 0.6 is 12.6 Å². The molecule has 1 rings (SSSR count). The van der Waals surface area contributed by atoms with Crippen molar-refractivity contribution in [3.8, 4) is 0 Å². The van der Waals surface area contributed by atoms with E-state index in [0.29, 0.717) is 10.5 Å². The normalized spacial score (nSPS) is 11.3. The molecule has 0 spiro atoms. The van der Waals surface area contributed by atoms with Gasteiger partial charge in [-0.1, -0.05) is 12.1 Å². The van der Waals surface area contributed by atoms with Gasteiger partial charge in [-0.05, 0) is 12.1 Å². The lowest BCUT2D eigenvalue weighted by Crippen LogP contribution is -2.29. The van der Waals surface area contributed by atoms with Crippen LogP contribution in [0.3, 0.4) is 0 Å². The Hall–Kier alpha value is -1.21. The molecule has 0 fully saturated rings. The molecule has 1 N–H and O–H groups in total. The van der Waals surface area contributed by atoms with Crippen LogP contribution in [0.5, 0.6) is 0 Å². The summed E-state index contributed by atoms with van der Waals surface area (Å²) in [5, 5.41) is 2.45. The van der Waals surface area contributed by atoms with Crippen molar-refractivity contribution in [1.82, 2.24) is 5.32 Å². The number of amides is 1. The molecule has 0 unspecified atom stereocenters. The van der Waals surface area contributed by atoms with E-state index in [9.17, 15) is 18.0 Å². The minimum absolute atomic E-state index is 0.0109. The number of benzene rings is 1. The number of ether oxygens (including phenoxy) is 1. The van der Waals surface area contributed by atoms with Crippen LogP contribution in [0.4, 0.5) is 13.2 Å². The lowest BCUT2D eigenvalue weighted by molar-refractivity contribution is -0.173. The zero-order valence-corrected chi connectivity index (χ0v) is 10.2. The molecule has 0 saturated carbocycles. The molecule has 0 aliphatic heterocycles. The molecule has 0 radical (unpaired) electrons. The largest absolute Gasteiger partial charge is 0.411 e. The van der Waals surface area contributed by atoms with Crippen molar-refractivity contribution in [2.75, 3.05) is 19.8 Å². The van der Waals surface area contributed by atoms with E-state index < -0.39 is 18.7 Å². The molecule has 0 heterocycles. The van der Waals surface area contributed by atoms with Crippen LogP contribution in [0.2, 0.25) is 0 Å². The number of hydrogen-bond donors (Lipinski definition) is 2. The number of alkyl halides is 3. The average Bonchev–Trinajstić information content (AvgIpc) is 2.27. The first-order valence-corrected chi connectivity index (χ1v) is 5.55. The lowest BCUT2D eigenvalue weighted by atomic mass is 10.2. The molecule has 1 aromatic carbocycles. The predicted molar refractivity (Wildman–Crippen MR) is 62.9 cm³/mol. The van der Waals surface area contributed by atoms with Gasteiger partial charge in [-0.15, -0.1) is 12.6 Å². The van der Waals surface area contributed by atoms with Crippen LogP contribution in [0.25, 0.3) is 0 Å². The fraction of sp³-hybridized carbons (Fsp3) is 0.364. The van der Waals surface area contributed by atoms with E-state index in [-0.39, 0.29) is 13.2 Å². The summed E-state index contributed by atoms with van der Waals surface area (Å²) < 4.78 is 39.6. The van der Waals surface area contributed by atoms with Crippen molar-refractivity contribution in [1.29, 1.82) is 0 Å². The molecule has 1 amide bonds. The van der Waals surface area contributed by atoms with E-state index in [0.717, 1.165) is 0 Å². The maximum atomic E-state index is 11.7. The minimum atomic E-state index is -4.35. The molecule has 7 heteroatoms. The van der Waals surface area contributed by atoms with Crippen molar-refractivity contribution in [3.05, 3.63) is 29.8 Å². The number of nitrogens with one attached hydrogen (secondary N) is 1. The average molecular weight is 279 g/mol. The predicted octanol–water partition coefficient (Wildman–Crippen LogP) is 2.28. The van der Waals surface area contributed by atoms with Crippen LogP contribution in [-0.2, 0) is 4.74 Å². The topological polar surface area (TPSA) is 38.3 Å². The van der Waals surface area contributed by atoms with Crippen molar-refractivity contribution < 1.29 is 22.7 Å². The first kappa shape index (κ1) is 14.8. The maximum absolute atomic E-state index is 11.7. The van der Waals surface area contributed by atoms with Crippen LogP contribution in [0, 0.1) is 0 Å². The molecular formula is C11H12F3NO2S. The monoisotopic (exact) mass is 279 g/mol. The Kier molecular flexibility index (Phi) is 5.49. The van der Waals surface area contributed by atoms with E-state index in [1.165, 1.54) is 0 Å². The number of carbonyl (C=O) groups excluding carboxylic acids is 1. The van der Waals surface area contributed by atoms with Gasteiger partial charge in [0, 0.05) is 11.4 Å². The maximum Gasteiger partial charge on any atom is 0.411 e. The second-order valence-electron chi connectivity index (χ2n) is 3.44. The van der Waals surface area contributed by atoms with Gasteiger partial charge in [0.2, 0.25) is 0 Å². The molecule has 0 bridgehead atoms. The highest BCUT2D eigenvalue weighted by Crippen LogP contribution is 2.14. The Bertz CT molecular complexity index is 410. The molecule has 0 aliphatic rings. The van der Waals surface area contributed by atoms with Crippen LogP contribution in [0.15, 0.2) is 29.2 Å². The summed E-state index contributed by atoms with van der Waals surface area (Å²) in [5.41, 5.74) is 0.372. The fourth-order valence-electron chi connectivity index (χ4n) is 1.19. The Labute approximate surface area is 108 Å². The number of carbonyl (C=O) groups is 1. The number of halogens is 3. The highest BCUT2D eigenvalue weighted by Gasteiger charge is 2.27. The third-order valence-electron chi connectivity index (χ3n) is 1.95. The van der Waals surface area contributed by atoms with Crippen molar-refractivity contribution >= 4 is 18.5 Å². The SMILES string of the molecule is O=C(NCCOCC(F)(F)F)c1ccccc1S. The van der Waals surface area contributed by atoms with Gasteiger partial charge in [0.25, 0.3) is 5.91 Å². The van der Waals surface area contributed by atoms with Crippen LogP contribution in [0.1, 0.15) is 10.4 Å². The molecule has 100 valence electrons. The Morgan fingerprint density at radius 2 is 2.00 bits per heavy atom. The fourth-order valence-corrected chi connectivity index (χ4v) is 1.45.